The van der Waals surface area contributed by atoms with Gasteiger partial charge in [-0.1, -0.05) is 20.8 Å². The lowest BCUT2D eigenvalue weighted by molar-refractivity contribution is -0.501. The van der Waals surface area contributed by atoms with Crippen molar-refractivity contribution in [2.75, 3.05) is 0 Å². The lowest BCUT2D eigenvalue weighted by Gasteiger charge is -2.09. The van der Waals surface area contributed by atoms with Crippen LogP contribution < -0.4 is 0 Å². The van der Waals surface area contributed by atoms with Crippen molar-refractivity contribution in [2.45, 2.75) is 52.6 Å². The van der Waals surface area contributed by atoms with Crippen molar-refractivity contribution >= 4 is 5.97 Å². The highest BCUT2D eigenvalue weighted by Crippen LogP contribution is 2.03. The molecule has 0 saturated heterocycles. The van der Waals surface area contributed by atoms with Crippen LogP contribution in [0.15, 0.2) is 0 Å². The molecular weight excluding hydrogens is 172 g/mol. The van der Waals surface area contributed by atoms with Crippen LogP contribution in [0.5, 0.6) is 0 Å². The van der Waals surface area contributed by atoms with Crippen LogP contribution in [0.2, 0.25) is 0 Å². The fraction of sp³-hybridized carbons (Fsp3) is 0.889. The van der Waals surface area contributed by atoms with E-state index in [1.54, 1.807) is 0 Å². The van der Waals surface area contributed by atoms with Gasteiger partial charge in [-0.3, -0.25) is 4.89 Å². The van der Waals surface area contributed by atoms with Crippen LogP contribution in [0.3, 0.4) is 0 Å². The summed E-state index contributed by atoms with van der Waals surface area (Å²) in [6.45, 7) is 5.85. The minimum absolute atomic E-state index is 0.00516. The first-order valence-electron chi connectivity index (χ1n) is 4.77. The Bertz CT molecular complexity index is 132. The largest absolute Gasteiger partial charge is 0.345 e. The molecule has 0 aromatic carbocycles. The van der Waals surface area contributed by atoms with Crippen molar-refractivity contribution in [2.24, 2.45) is 0 Å². The third kappa shape index (κ3) is 6.54. The van der Waals surface area contributed by atoms with E-state index >= 15 is 0 Å². The number of hydrogen-bond donors (Lipinski definition) is 0. The van der Waals surface area contributed by atoms with E-state index in [-0.39, 0.29) is 6.10 Å². The highest BCUT2D eigenvalue weighted by atomic mass is 17.5. The SMILES string of the molecule is CCCC(=O)OOOC(CC)CC. The second-order valence-corrected chi connectivity index (χ2v) is 2.81. The van der Waals surface area contributed by atoms with Gasteiger partial charge in [0.25, 0.3) is 0 Å². The summed E-state index contributed by atoms with van der Waals surface area (Å²) in [5.41, 5.74) is 0. The predicted octanol–water partition coefficient (Wildman–Crippen LogP) is 2.38. The van der Waals surface area contributed by atoms with Crippen LogP contribution in [-0.4, -0.2) is 12.1 Å². The molecule has 0 spiro atoms. The molecule has 0 aromatic heterocycles. The Morgan fingerprint density at radius 2 is 1.85 bits per heavy atom. The smallest absolute Gasteiger partial charge is 0.269 e. The Morgan fingerprint density at radius 3 is 2.31 bits per heavy atom. The first kappa shape index (κ1) is 12.4. The molecule has 0 rings (SSSR count). The van der Waals surface area contributed by atoms with Gasteiger partial charge in [-0.2, -0.15) is 4.89 Å². The summed E-state index contributed by atoms with van der Waals surface area (Å²) in [6.07, 6.45) is 2.76. The van der Waals surface area contributed by atoms with Crippen LogP contribution in [-0.2, 0) is 19.6 Å². The van der Waals surface area contributed by atoms with E-state index in [0.717, 1.165) is 19.3 Å². The summed E-state index contributed by atoms with van der Waals surface area (Å²) < 4.78 is 0. The summed E-state index contributed by atoms with van der Waals surface area (Å²) in [7, 11) is 0. The van der Waals surface area contributed by atoms with E-state index in [4.69, 9.17) is 4.89 Å². The summed E-state index contributed by atoms with van der Waals surface area (Å²) in [5, 5.41) is 4.34. The Hall–Kier alpha value is -0.610. The molecule has 78 valence electrons. The zero-order valence-corrected chi connectivity index (χ0v) is 8.54. The highest BCUT2D eigenvalue weighted by molar-refractivity contribution is 5.68. The summed E-state index contributed by atoms with van der Waals surface area (Å²) in [6, 6.07) is 0. The minimum atomic E-state index is -0.395. The molecule has 0 N–H and O–H groups in total. The zero-order chi connectivity index (χ0) is 10.1. The molecule has 0 unspecified atom stereocenters. The van der Waals surface area contributed by atoms with E-state index in [1.807, 2.05) is 20.8 Å². The molecular formula is C9H18O4. The molecule has 13 heavy (non-hydrogen) atoms. The molecule has 4 heteroatoms. The van der Waals surface area contributed by atoms with Gasteiger partial charge in [0.15, 0.2) is 0 Å². The van der Waals surface area contributed by atoms with Crippen LogP contribution in [0, 0.1) is 0 Å². The summed E-state index contributed by atoms with van der Waals surface area (Å²) in [4.78, 5) is 19.9. The predicted molar refractivity (Wildman–Crippen MR) is 47.5 cm³/mol. The van der Waals surface area contributed by atoms with Crippen molar-refractivity contribution in [3.63, 3.8) is 0 Å². The molecule has 4 nitrogen and oxygen atoms in total. The minimum Gasteiger partial charge on any atom is -0.269 e. The van der Waals surface area contributed by atoms with Crippen molar-refractivity contribution in [1.29, 1.82) is 0 Å². The average Bonchev–Trinajstić information content (AvgIpc) is 2.13. The maximum atomic E-state index is 10.8. The lowest BCUT2D eigenvalue weighted by Crippen LogP contribution is -2.13. The topological polar surface area (TPSA) is 44.8 Å². The second-order valence-electron chi connectivity index (χ2n) is 2.81. The lowest BCUT2D eigenvalue weighted by atomic mass is 10.2. The van der Waals surface area contributed by atoms with Gasteiger partial charge in [-0.25, -0.2) is 4.79 Å². The molecule has 0 radical (unpaired) electrons. The average molecular weight is 190 g/mol. The van der Waals surface area contributed by atoms with E-state index in [1.165, 1.54) is 0 Å². The zero-order valence-electron chi connectivity index (χ0n) is 8.54. The molecule has 0 amide bonds. The second kappa shape index (κ2) is 8.01. The fourth-order valence-corrected chi connectivity index (χ4v) is 0.784. The molecule has 0 bridgehead atoms. The first-order chi connectivity index (χ1) is 6.24. The molecule has 0 atom stereocenters. The number of carbonyl (C=O) groups excluding carboxylic acids is 1. The number of hydrogen-bond acceptors (Lipinski definition) is 4. The number of carbonyl (C=O) groups is 1. The molecule has 0 saturated carbocycles. The summed E-state index contributed by atoms with van der Waals surface area (Å²) >= 11 is 0. The van der Waals surface area contributed by atoms with Gasteiger partial charge >= 0.3 is 5.97 Å². The Labute approximate surface area is 79.0 Å². The van der Waals surface area contributed by atoms with Crippen molar-refractivity contribution < 1.29 is 19.6 Å². The summed E-state index contributed by atoms with van der Waals surface area (Å²) in [5.74, 6) is -0.395. The molecule has 0 fully saturated rings. The first-order valence-corrected chi connectivity index (χ1v) is 4.77. The number of rotatable bonds is 7. The molecule has 0 aliphatic carbocycles. The quantitative estimate of drug-likeness (QED) is 0.456. The third-order valence-electron chi connectivity index (χ3n) is 1.67. The van der Waals surface area contributed by atoms with Crippen LogP contribution >= 0.6 is 0 Å². The highest BCUT2D eigenvalue weighted by Gasteiger charge is 2.07. The molecule has 0 aromatic rings. The van der Waals surface area contributed by atoms with Gasteiger partial charge in [0.2, 0.25) is 0 Å². The maximum Gasteiger partial charge on any atom is 0.345 e. The molecule has 0 heterocycles. The van der Waals surface area contributed by atoms with Gasteiger partial charge in [-0.15, -0.1) is 0 Å². The van der Waals surface area contributed by atoms with Crippen molar-refractivity contribution in [1.82, 2.24) is 0 Å². The standard InChI is InChI=1S/C9H18O4/c1-4-7-9(10)12-13-11-8(5-2)6-3/h8H,4-7H2,1-3H3. The van der Waals surface area contributed by atoms with Crippen molar-refractivity contribution in [3.05, 3.63) is 0 Å². The Balaban J connectivity index is 3.37. The Kier molecular flexibility index (Phi) is 7.63. The van der Waals surface area contributed by atoms with Gasteiger partial charge in [-0.05, 0) is 24.3 Å². The fourth-order valence-electron chi connectivity index (χ4n) is 0.784. The van der Waals surface area contributed by atoms with E-state index in [2.05, 4.69) is 9.93 Å². The van der Waals surface area contributed by atoms with Crippen LogP contribution in [0.4, 0.5) is 0 Å². The monoisotopic (exact) mass is 190 g/mol. The van der Waals surface area contributed by atoms with Gasteiger partial charge < -0.3 is 0 Å². The van der Waals surface area contributed by atoms with E-state index in [9.17, 15) is 4.79 Å². The maximum absolute atomic E-state index is 10.8. The third-order valence-corrected chi connectivity index (χ3v) is 1.67. The molecule has 0 aliphatic heterocycles. The van der Waals surface area contributed by atoms with Crippen LogP contribution in [0.1, 0.15) is 46.5 Å². The Morgan fingerprint density at radius 1 is 1.23 bits per heavy atom. The van der Waals surface area contributed by atoms with Crippen LogP contribution in [0.25, 0.3) is 0 Å². The van der Waals surface area contributed by atoms with Gasteiger partial charge in [0.05, 0.1) is 6.10 Å². The van der Waals surface area contributed by atoms with E-state index < -0.39 is 5.97 Å². The van der Waals surface area contributed by atoms with Gasteiger partial charge in [0.1, 0.15) is 0 Å². The molecule has 0 aliphatic rings. The van der Waals surface area contributed by atoms with E-state index in [0.29, 0.717) is 6.42 Å². The van der Waals surface area contributed by atoms with Gasteiger partial charge in [0, 0.05) is 6.42 Å². The normalized spacial score (nSPS) is 10.5. The van der Waals surface area contributed by atoms with Crippen molar-refractivity contribution in [3.8, 4) is 0 Å².